The number of aliphatic hydroxyl groups excluding tert-OH is 1. The fraction of sp³-hybridized carbons (Fsp3) is 0.353. The van der Waals surface area contributed by atoms with Gasteiger partial charge in [-0.15, -0.1) is 0 Å². The van der Waals surface area contributed by atoms with Crippen molar-refractivity contribution in [3.05, 3.63) is 53.2 Å². The number of pyridine rings is 1. The van der Waals surface area contributed by atoms with Gasteiger partial charge in [-0.2, -0.15) is 0 Å². The van der Waals surface area contributed by atoms with E-state index in [4.69, 9.17) is 4.74 Å². The molecular weight excluding hydrogens is 250 g/mol. The molecular formula is C17H21NO2. The number of hydrogen-bond acceptors (Lipinski definition) is 3. The standard InChI is InChI=1S/C17H21NO2/c1-3-7-15-10-13(12-19)11-17(18-15)20-16-9-6-5-8-14(16)4-2/h5-6,8-11,19H,3-4,7,12H2,1-2H3. The van der Waals surface area contributed by atoms with E-state index in [0.717, 1.165) is 41.8 Å². The van der Waals surface area contributed by atoms with Gasteiger partial charge in [-0.3, -0.25) is 0 Å². The summed E-state index contributed by atoms with van der Waals surface area (Å²) in [5.74, 6) is 1.39. The van der Waals surface area contributed by atoms with Crippen LogP contribution < -0.4 is 4.74 Å². The fourth-order valence-electron chi connectivity index (χ4n) is 2.16. The molecule has 1 N–H and O–H groups in total. The molecule has 3 heteroatoms. The lowest BCUT2D eigenvalue weighted by atomic mass is 10.1. The molecule has 0 aliphatic heterocycles. The number of para-hydroxylation sites is 1. The molecule has 0 radical (unpaired) electrons. The first-order valence-electron chi connectivity index (χ1n) is 7.13. The Morgan fingerprint density at radius 2 is 1.95 bits per heavy atom. The zero-order valence-electron chi connectivity index (χ0n) is 12.1. The lowest BCUT2D eigenvalue weighted by molar-refractivity contribution is 0.280. The Hall–Kier alpha value is -1.87. The summed E-state index contributed by atoms with van der Waals surface area (Å²) in [6.07, 6.45) is 2.82. The molecule has 0 aliphatic carbocycles. The van der Waals surface area contributed by atoms with Gasteiger partial charge in [0.05, 0.1) is 6.61 Å². The quantitative estimate of drug-likeness (QED) is 0.867. The van der Waals surface area contributed by atoms with E-state index in [1.165, 1.54) is 0 Å². The second-order valence-corrected chi connectivity index (χ2v) is 4.78. The first-order chi connectivity index (χ1) is 9.76. The summed E-state index contributed by atoms with van der Waals surface area (Å²) >= 11 is 0. The third-order valence-corrected chi connectivity index (χ3v) is 3.17. The van der Waals surface area contributed by atoms with E-state index in [9.17, 15) is 5.11 Å². The number of ether oxygens (including phenoxy) is 1. The molecule has 2 aromatic rings. The van der Waals surface area contributed by atoms with Crippen LogP contribution in [0.2, 0.25) is 0 Å². The Labute approximate surface area is 120 Å². The van der Waals surface area contributed by atoms with Gasteiger partial charge < -0.3 is 9.84 Å². The highest BCUT2D eigenvalue weighted by atomic mass is 16.5. The molecule has 1 aromatic carbocycles. The summed E-state index contributed by atoms with van der Waals surface area (Å²) in [4.78, 5) is 4.51. The van der Waals surface area contributed by atoms with Crippen LogP contribution in [-0.4, -0.2) is 10.1 Å². The molecule has 0 atom stereocenters. The lowest BCUT2D eigenvalue weighted by Crippen LogP contribution is -1.98. The average Bonchev–Trinajstić information content (AvgIpc) is 2.48. The molecule has 2 rings (SSSR count). The molecule has 3 nitrogen and oxygen atoms in total. The molecule has 0 bridgehead atoms. The SMILES string of the molecule is CCCc1cc(CO)cc(Oc2ccccc2CC)n1. The van der Waals surface area contributed by atoms with Crippen LogP contribution in [0.25, 0.3) is 0 Å². The highest BCUT2D eigenvalue weighted by Gasteiger charge is 2.07. The zero-order chi connectivity index (χ0) is 14.4. The maximum absolute atomic E-state index is 9.34. The van der Waals surface area contributed by atoms with Crippen molar-refractivity contribution in [2.75, 3.05) is 0 Å². The van der Waals surface area contributed by atoms with E-state index >= 15 is 0 Å². The summed E-state index contributed by atoms with van der Waals surface area (Å²) in [5.41, 5.74) is 2.95. The van der Waals surface area contributed by atoms with Gasteiger partial charge in [0.1, 0.15) is 5.75 Å². The van der Waals surface area contributed by atoms with Crippen molar-refractivity contribution < 1.29 is 9.84 Å². The van der Waals surface area contributed by atoms with Gasteiger partial charge in [-0.25, -0.2) is 4.98 Å². The predicted octanol–water partition coefficient (Wildman–Crippen LogP) is 3.88. The van der Waals surface area contributed by atoms with E-state index in [1.54, 1.807) is 6.07 Å². The summed E-state index contributed by atoms with van der Waals surface area (Å²) < 4.78 is 5.91. The highest BCUT2D eigenvalue weighted by molar-refractivity contribution is 5.37. The number of aryl methyl sites for hydroxylation is 2. The number of aromatic nitrogens is 1. The van der Waals surface area contributed by atoms with Crippen molar-refractivity contribution in [3.8, 4) is 11.6 Å². The third kappa shape index (κ3) is 3.58. The number of aliphatic hydroxyl groups is 1. The Morgan fingerprint density at radius 3 is 2.65 bits per heavy atom. The van der Waals surface area contributed by atoms with Gasteiger partial charge in [0.15, 0.2) is 0 Å². The first kappa shape index (κ1) is 14.5. The topological polar surface area (TPSA) is 42.4 Å². The minimum atomic E-state index is 0.00498. The van der Waals surface area contributed by atoms with Gasteiger partial charge in [-0.05, 0) is 36.1 Å². The Kier molecular flexibility index (Phi) is 5.13. The number of nitrogens with zero attached hydrogens (tertiary/aromatic N) is 1. The predicted molar refractivity (Wildman–Crippen MR) is 80.0 cm³/mol. The van der Waals surface area contributed by atoms with Gasteiger partial charge in [-0.1, -0.05) is 38.5 Å². The molecule has 0 saturated heterocycles. The normalized spacial score (nSPS) is 10.6. The van der Waals surface area contributed by atoms with Crippen LogP contribution in [0.4, 0.5) is 0 Å². The van der Waals surface area contributed by atoms with Gasteiger partial charge in [0.25, 0.3) is 0 Å². The molecule has 0 saturated carbocycles. The van der Waals surface area contributed by atoms with E-state index < -0.39 is 0 Å². The summed E-state index contributed by atoms with van der Waals surface area (Å²) in [6, 6.07) is 11.7. The zero-order valence-corrected chi connectivity index (χ0v) is 12.1. The van der Waals surface area contributed by atoms with E-state index in [-0.39, 0.29) is 6.61 Å². The van der Waals surface area contributed by atoms with E-state index in [1.807, 2.05) is 24.3 Å². The number of rotatable bonds is 6. The van der Waals surface area contributed by atoms with Crippen molar-refractivity contribution in [3.63, 3.8) is 0 Å². The van der Waals surface area contributed by atoms with Crippen molar-refractivity contribution in [1.29, 1.82) is 0 Å². The van der Waals surface area contributed by atoms with Crippen molar-refractivity contribution >= 4 is 0 Å². The van der Waals surface area contributed by atoms with E-state index in [2.05, 4.69) is 24.9 Å². The summed E-state index contributed by atoms with van der Waals surface area (Å²) in [6.45, 7) is 4.22. The molecule has 0 aliphatic rings. The van der Waals surface area contributed by atoms with Crippen LogP contribution in [0.15, 0.2) is 36.4 Å². The average molecular weight is 271 g/mol. The second-order valence-electron chi connectivity index (χ2n) is 4.78. The molecule has 20 heavy (non-hydrogen) atoms. The number of hydrogen-bond donors (Lipinski definition) is 1. The van der Waals surface area contributed by atoms with Crippen LogP contribution in [0.3, 0.4) is 0 Å². The fourth-order valence-corrected chi connectivity index (χ4v) is 2.16. The van der Waals surface area contributed by atoms with Crippen molar-refractivity contribution in [2.24, 2.45) is 0 Å². The maximum atomic E-state index is 9.34. The third-order valence-electron chi connectivity index (χ3n) is 3.17. The molecule has 0 spiro atoms. The smallest absolute Gasteiger partial charge is 0.219 e. The minimum Gasteiger partial charge on any atom is -0.439 e. The molecule has 0 unspecified atom stereocenters. The largest absolute Gasteiger partial charge is 0.439 e. The molecule has 0 amide bonds. The molecule has 1 heterocycles. The minimum absolute atomic E-state index is 0.00498. The highest BCUT2D eigenvalue weighted by Crippen LogP contribution is 2.25. The monoisotopic (exact) mass is 271 g/mol. The van der Waals surface area contributed by atoms with Crippen LogP contribution in [0, 0.1) is 0 Å². The van der Waals surface area contributed by atoms with Crippen molar-refractivity contribution in [1.82, 2.24) is 4.98 Å². The van der Waals surface area contributed by atoms with Gasteiger partial charge >= 0.3 is 0 Å². The Balaban J connectivity index is 2.30. The molecule has 106 valence electrons. The Morgan fingerprint density at radius 1 is 1.15 bits per heavy atom. The lowest BCUT2D eigenvalue weighted by Gasteiger charge is -2.11. The Bertz CT molecular complexity index is 567. The van der Waals surface area contributed by atoms with Gasteiger partial charge in [0.2, 0.25) is 5.88 Å². The van der Waals surface area contributed by atoms with Crippen LogP contribution in [-0.2, 0) is 19.4 Å². The maximum Gasteiger partial charge on any atom is 0.219 e. The second kappa shape index (κ2) is 7.06. The summed E-state index contributed by atoms with van der Waals surface area (Å²) in [5, 5.41) is 9.34. The van der Waals surface area contributed by atoms with Crippen molar-refractivity contribution in [2.45, 2.75) is 39.7 Å². The van der Waals surface area contributed by atoms with Gasteiger partial charge in [0, 0.05) is 11.8 Å². The van der Waals surface area contributed by atoms with E-state index in [0.29, 0.717) is 5.88 Å². The van der Waals surface area contributed by atoms with Crippen LogP contribution >= 0.6 is 0 Å². The first-order valence-corrected chi connectivity index (χ1v) is 7.13. The van der Waals surface area contributed by atoms with Crippen LogP contribution in [0.5, 0.6) is 11.6 Å². The summed E-state index contributed by atoms with van der Waals surface area (Å²) in [7, 11) is 0. The molecule has 1 aromatic heterocycles. The molecule has 0 fully saturated rings. The number of benzene rings is 1. The van der Waals surface area contributed by atoms with Crippen LogP contribution in [0.1, 0.15) is 37.1 Å².